The van der Waals surface area contributed by atoms with Crippen molar-refractivity contribution in [1.82, 2.24) is 0 Å². The molecule has 0 aliphatic carbocycles. The molecule has 3 nitrogen and oxygen atoms in total. The smallest absolute Gasteiger partial charge is 0.305 e. The van der Waals surface area contributed by atoms with Gasteiger partial charge in [-0.15, -0.1) is 0 Å². The topological polar surface area (TPSA) is 43.4 Å². The molecule has 1 aromatic rings. The monoisotopic (exact) mass is 262 g/mol. The molecule has 0 bridgehead atoms. The summed E-state index contributed by atoms with van der Waals surface area (Å²) in [6.07, 6.45) is 1.25. The Kier molecular flexibility index (Phi) is 5.74. The van der Waals surface area contributed by atoms with Crippen molar-refractivity contribution in [1.29, 1.82) is 0 Å². The molecule has 19 heavy (non-hydrogen) atoms. The number of esters is 1. The molecule has 0 aliphatic heterocycles. The highest BCUT2D eigenvalue weighted by atomic mass is 16.5. The molecule has 0 aromatic heterocycles. The lowest BCUT2D eigenvalue weighted by Crippen LogP contribution is -2.08. The van der Waals surface area contributed by atoms with Crippen molar-refractivity contribution in [3.8, 4) is 0 Å². The molecule has 0 amide bonds. The Labute approximate surface area is 115 Å². The quantitative estimate of drug-likeness (QED) is 0.582. The van der Waals surface area contributed by atoms with E-state index in [4.69, 9.17) is 4.74 Å². The lowest BCUT2D eigenvalue weighted by atomic mass is 9.94. The molecule has 0 saturated heterocycles. The molecule has 1 aromatic carbocycles. The van der Waals surface area contributed by atoms with Gasteiger partial charge in [-0.1, -0.05) is 17.7 Å². The zero-order valence-electron chi connectivity index (χ0n) is 12.2. The Morgan fingerprint density at radius 1 is 1.05 bits per heavy atom. The highest BCUT2D eigenvalue weighted by Crippen LogP contribution is 2.19. The first-order valence-electron chi connectivity index (χ1n) is 6.72. The zero-order chi connectivity index (χ0) is 14.4. The van der Waals surface area contributed by atoms with E-state index in [-0.39, 0.29) is 11.8 Å². The maximum absolute atomic E-state index is 12.2. The summed E-state index contributed by atoms with van der Waals surface area (Å²) >= 11 is 0. The van der Waals surface area contributed by atoms with Gasteiger partial charge >= 0.3 is 5.97 Å². The third-order valence-electron chi connectivity index (χ3n) is 3.05. The second-order valence-electron chi connectivity index (χ2n) is 4.86. The van der Waals surface area contributed by atoms with Crippen LogP contribution in [-0.2, 0) is 9.53 Å². The molecule has 0 unspecified atom stereocenters. The van der Waals surface area contributed by atoms with E-state index in [0.29, 0.717) is 25.9 Å². The van der Waals surface area contributed by atoms with Gasteiger partial charge < -0.3 is 4.74 Å². The van der Waals surface area contributed by atoms with E-state index in [1.165, 1.54) is 0 Å². The van der Waals surface area contributed by atoms with Gasteiger partial charge in [0.15, 0.2) is 5.78 Å². The zero-order valence-corrected chi connectivity index (χ0v) is 12.2. The predicted molar refractivity (Wildman–Crippen MR) is 75.5 cm³/mol. The van der Waals surface area contributed by atoms with Crippen LogP contribution in [0.15, 0.2) is 12.1 Å². The van der Waals surface area contributed by atoms with E-state index < -0.39 is 0 Å². The number of aryl methyl sites for hydroxylation is 3. The molecular weight excluding hydrogens is 240 g/mol. The van der Waals surface area contributed by atoms with Gasteiger partial charge in [-0.05, 0) is 45.2 Å². The van der Waals surface area contributed by atoms with Gasteiger partial charge in [0.1, 0.15) is 0 Å². The van der Waals surface area contributed by atoms with Crippen molar-refractivity contribution in [2.24, 2.45) is 0 Å². The highest BCUT2D eigenvalue weighted by Gasteiger charge is 2.13. The molecule has 0 N–H and O–H groups in total. The van der Waals surface area contributed by atoms with Crippen LogP contribution in [0.4, 0.5) is 0 Å². The Morgan fingerprint density at radius 2 is 1.63 bits per heavy atom. The van der Waals surface area contributed by atoms with E-state index in [1.54, 1.807) is 6.92 Å². The van der Waals surface area contributed by atoms with Gasteiger partial charge in [0.25, 0.3) is 0 Å². The molecular formula is C16H22O3. The number of rotatable bonds is 6. The maximum atomic E-state index is 12.2. The molecule has 0 aliphatic rings. The molecule has 0 saturated carbocycles. The van der Waals surface area contributed by atoms with E-state index in [1.807, 2.05) is 32.9 Å². The number of carbonyl (C=O) groups excluding carboxylic acids is 2. The Balaban J connectivity index is 2.62. The lowest BCUT2D eigenvalue weighted by molar-refractivity contribution is -0.143. The second kappa shape index (κ2) is 7.07. The van der Waals surface area contributed by atoms with Crippen molar-refractivity contribution >= 4 is 11.8 Å². The summed E-state index contributed by atoms with van der Waals surface area (Å²) in [5.74, 6) is -0.119. The number of hydrogen-bond acceptors (Lipinski definition) is 3. The Hall–Kier alpha value is -1.64. The van der Waals surface area contributed by atoms with Gasteiger partial charge in [-0.25, -0.2) is 0 Å². The number of ether oxygens (including phenoxy) is 1. The van der Waals surface area contributed by atoms with E-state index in [9.17, 15) is 9.59 Å². The minimum absolute atomic E-state index is 0.110. The number of carbonyl (C=O) groups is 2. The fourth-order valence-electron chi connectivity index (χ4n) is 2.37. The maximum Gasteiger partial charge on any atom is 0.305 e. The second-order valence-corrected chi connectivity index (χ2v) is 4.86. The standard InChI is InChI=1S/C16H22O3/c1-5-19-15(18)8-6-7-14(17)16-12(3)9-11(2)10-13(16)4/h9-10H,5-8H2,1-4H3. The van der Waals surface area contributed by atoms with Crippen LogP contribution in [0.5, 0.6) is 0 Å². The average molecular weight is 262 g/mol. The summed E-state index contributed by atoms with van der Waals surface area (Å²) in [5, 5.41) is 0. The molecule has 0 heterocycles. The van der Waals surface area contributed by atoms with Gasteiger partial charge in [0.05, 0.1) is 6.61 Å². The number of hydrogen-bond donors (Lipinski definition) is 0. The van der Waals surface area contributed by atoms with Crippen LogP contribution in [0.25, 0.3) is 0 Å². The van der Waals surface area contributed by atoms with Crippen molar-refractivity contribution in [2.45, 2.75) is 47.0 Å². The fourth-order valence-corrected chi connectivity index (χ4v) is 2.37. The molecule has 0 fully saturated rings. The average Bonchev–Trinajstić information content (AvgIpc) is 2.27. The molecule has 104 valence electrons. The van der Waals surface area contributed by atoms with Crippen molar-refractivity contribution in [3.63, 3.8) is 0 Å². The third-order valence-corrected chi connectivity index (χ3v) is 3.05. The Bertz CT molecular complexity index is 452. The molecule has 1 rings (SSSR count). The number of Topliss-reactive ketones (excluding diaryl/α,β-unsaturated/α-hetero) is 1. The summed E-state index contributed by atoms with van der Waals surface area (Å²) in [6, 6.07) is 4.04. The molecule has 0 atom stereocenters. The first-order valence-corrected chi connectivity index (χ1v) is 6.72. The SMILES string of the molecule is CCOC(=O)CCCC(=O)c1c(C)cc(C)cc1C. The van der Waals surface area contributed by atoms with Crippen molar-refractivity contribution in [3.05, 3.63) is 34.4 Å². The fraction of sp³-hybridized carbons (Fsp3) is 0.500. The van der Waals surface area contributed by atoms with Crippen LogP contribution >= 0.6 is 0 Å². The Morgan fingerprint density at radius 3 is 2.16 bits per heavy atom. The predicted octanol–water partition coefficient (Wildman–Crippen LogP) is 3.53. The van der Waals surface area contributed by atoms with E-state index >= 15 is 0 Å². The molecule has 0 radical (unpaired) electrons. The van der Waals surface area contributed by atoms with Crippen LogP contribution < -0.4 is 0 Å². The van der Waals surface area contributed by atoms with Crippen molar-refractivity contribution in [2.75, 3.05) is 6.61 Å². The van der Waals surface area contributed by atoms with Gasteiger partial charge in [0.2, 0.25) is 0 Å². The van der Waals surface area contributed by atoms with E-state index in [2.05, 4.69) is 0 Å². The lowest BCUT2D eigenvalue weighted by Gasteiger charge is -2.10. The summed E-state index contributed by atoms with van der Waals surface area (Å²) in [7, 11) is 0. The van der Waals surface area contributed by atoms with Crippen LogP contribution in [0.1, 0.15) is 53.2 Å². The highest BCUT2D eigenvalue weighted by molar-refractivity contribution is 5.99. The number of ketones is 1. The van der Waals surface area contributed by atoms with E-state index in [0.717, 1.165) is 22.3 Å². The molecule has 0 spiro atoms. The summed E-state index contributed by atoms with van der Waals surface area (Å²) in [4.78, 5) is 23.4. The first-order chi connectivity index (χ1) is 8.95. The van der Waals surface area contributed by atoms with Gasteiger partial charge in [-0.2, -0.15) is 0 Å². The van der Waals surface area contributed by atoms with Crippen LogP contribution in [-0.4, -0.2) is 18.4 Å². The summed E-state index contributed by atoms with van der Waals surface area (Å²) in [5.41, 5.74) is 3.99. The first kappa shape index (κ1) is 15.4. The van der Waals surface area contributed by atoms with Gasteiger partial charge in [0, 0.05) is 18.4 Å². The van der Waals surface area contributed by atoms with Gasteiger partial charge in [-0.3, -0.25) is 9.59 Å². The summed E-state index contributed by atoms with van der Waals surface area (Å²) in [6.45, 7) is 8.11. The normalized spacial score (nSPS) is 10.3. The summed E-state index contributed by atoms with van der Waals surface area (Å²) < 4.78 is 4.84. The van der Waals surface area contributed by atoms with Crippen LogP contribution in [0.3, 0.4) is 0 Å². The largest absolute Gasteiger partial charge is 0.466 e. The minimum atomic E-state index is -0.229. The van der Waals surface area contributed by atoms with Crippen molar-refractivity contribution < 1.29 is 14.3 Å². The van der Waals surface area contributed by atoms with Crippen LogP contribution in [0.2, 0.25) is 0 Å². The number of benzene rings is 1. The minimum Gasteiger partial charge on any atom is -0.466 e. The third kappa shape index (κ3) is 4.51. The molecule has 3 heteroatoms. The van der Waals surface area contributed by atoms with Crippen LogP contribution in [0, 0.1) is 20.8 Å².